The smallest absolute Gasteiger partial charge is 0.0355 e. The molecular formula is C20H44. The molecule has 0 aromatic carbocycles. The molecule has 0 nitrogen and oxygen atoms in total. The molecule has 124 valence electrons. The Kier molecular flexibility index (Phi) is 17.1. The Labute approximate surface area is 131 Å². The molecule has 0 aromatic rings. The Hall–Kier alpha value is 0. The van der Waals surface area contributed by atoms with Gasteiger partial charge in [0.25, 0.3) is 0 Å². The van der Waals surface area contributed by atoms with Gasteiger partial charge in [-0.15, -0.1) is 0 Å². The molecule has 20 heavy (non-hydrogen) atoms. The first-order chi connectivity index (χ1) is 9.78. The number of hydrogen-bond acceptors (Lipinski definition) is 0. The molecule has 0 spiro atoms. The predicted molar refractivity (Wildman–Crippen MR) is 96.3 cm³/mol. The van der Waals surface area contributed by atoms with Gasteiger partial charge in [0.05, 0.1) is 0 Å². The summed E-state index contributed by atoms with van der Waals surface area (Å²) in [6, 6.07) is 0. The molecule has 4 unspecified atom stereocenters. The zero-order chi connectivity index (χ0) is 16.0. The van der Waals surface area contributed by atoms with Gasteiger partial charge in [0.1, 0.15) is 0 Å². The quantitative estimate of drug-likeness (QED) is 0.427. The minimum atomic E-state index is 1.19. The number of hydrogen-bond donors (Lipinski definition) is 0. The first-order valence-electron chi connectivity index (χ1n) is 9.78. The van der Waals surface area contributed by atoms with Crippen LogP contribution in [0.4, 0.5) is 0 Å². The molecule has 0 radical (unpaired) electrons. The van der Waals surface area contributed by atoms with Crippen LogP contribution in [0.2, 0.25) is 0 Å². The van der Waals surface area contributed by atoms with Crippen LogP contribution < -0.4 is 0 Å². The maximum absolute atomic E-state index is 2.12. The lowest BCUT2D eigenvalue weighted by Gasteiger charge is -2.23. The van der Waals surface area contributed by atoms with E-state index in [1.54, 1.807) is 38.5 Å². The van der Waals surface area contributed by atoms with Crippen LogP contribution in [-0.2, 0) is 0 Å². The molecule has 3 fully saturated rings. The van der Waals surface area contributed by atoms with Gasteiger partial charge in [0, 0.05) is 0 Å². The SMILES string of the molecule is C1CC2C3CCC(C3)C2C1.CC.CC.CCC.CCC. The summed E-state index contributed by atoms with van der Waals surface area (Å²) in [6.45, 7) is 16.5. The standard InChI is InChI=1S/C10H16.2C3H8.2C2H6/c1-2-9-7-4-5-8(6-7)10(9)3-1;2*1-3-2;2*1-2/h7-10H,1-6H2;2*3H2,1-2H3;2*1-2H3. The molecule has 0 aromatic heterocycles. The third kappa shape index (κ3) is 7.14. The molecule has 0 aliphatic heterocycles. The Bertz CT molecular complexity index is 155. The van der Waals surface area contributed by atoms with E-state index in [2.05, 4.69) is 27.7 Å². The Balaban J connectivity index is 0. The fourth-order valence-electron chi connectivity index (χ4n) is 4.02. The van der Waals surface area contributed by atoms with Crippen LogP contribution in [0.1, 0.15) is 107 Å². The van der Waals surface area contributed by atoms with Gasteiger partial charge in [0.2, 0.25) is 0 Å². The number of fused-ring (bicyclic) bond motifs is 5. The van der Waals surface area contributed by atoms with Gasteiger partial charge in [-0.2, -0.15) is 0 Å². The molecule has 0 saturated heterocycles. The highest BCUT2D eigenvalue weighted by molar-refractivity contribution is 4.98. The van der Waals surface area contributed by atoms with E-state index in [0.29, 0.717) is 0 Å². The van der Waals surface area contributed by atoms with Crippen molar-refractivity contribution in [3.8, 4) is 0 Å². The predicted octanol–water partition coefficient (Wildman–Crippen LogP) is 7.72. The van der Waals surface area contributed by atoms with Gasteiger partial charge >= 0.3 is 0 Å². The van der Waals surface area contributed by atoms with E-state index < -0.39 is 0 Å². The summed E-state index contributed by atoms with van der Waals surface area (Å²) in [6.07, 6.45) is 12.0. The number of rotatable bonds is 0. The zero-order valence-electron chi connectivity index (χ0n) is 16.0. The summed E-state index contributed by atoms with van der Waals surface area (Å²) in [5.74, 6) is 4.80. The molecule has 4 atom stereocenters. The monoisotopic (exact) mass is 284 g/mol. The molecule has 0 amide bonds. The minimum absolute atomic E-state index is 1.19. The van der Waals surface area contributed by atoms with Gasteiger partial charge in [0.15, 0.2) is 0 Å². The second-order valence-corrected chi connectivity index (χ2v) is 6.01. The molecule has 3 rings (SSSR count). The van der Waals surface area contributed by atoms with Gasteiger partial charge in [-0.25, -0.2) is 0 Å². The first-order valence-corrected chi connectivity index (χ1v) is 9.78. The van der Waals surface area contributed by atoms with Crippen molar-refractivity contribution >= 4 is 0 Å². The van der Waals surface area contributed by atoms with E-state index >= 15 is 0 Å². The van der Waals surface area contributed by atoms with Crippen LogP contribution in [0.15, 0.2) is 0 Å². The third-order valence-corrected chi connectivity index (χ3v) is 4.35. The lowest BCUT2D eigenvalue weighted by atomic mass is 9.82. The van der Waals surface area contributed by atoms with Gasteiger partial charge in [-0.05, 0) is 55.8 Å². The van der Waals surface area contributed by atoms with Gasteiger partial charge in [-0.1, -0.05) is 74.7 Å². The highest BCUT2D eigenvalue weighted by Crippen LogP contribution is 2.58. The second-order valence-electron chi connectivity index (χ2n) is 6.01. The van der Waals surface area contributed by atoms with E-state index in [0.717, 1.165) is 0 Å². The Morgan fingerprint density at radius 1 is 0.600 bits per heavy atom. The van der Waals surface area contributed by atoms with Crippen molar-refractivity contribution in [3.63, 3.8) is 0 Å². The fourth-order valence-corrected chi connectivity index (χ4v) is 4.02. The van der Waals surface area contributed by atoms with Crippen LogP contribution in [0.25, 0.3) is 0 Å². The van der Waals surface area contributed by atoms with Crippen LogP contribution in [0, 0.1) is 23.7 Å². The minimum Gasteiger partial charge on any atom is -0.0683 e. The normalized spacial score (nSPS) is 31.2. The maximum atomic E-state index is 2.12. The summed E-state index contributed by atoms with van der Waals surface area (Å²) < 4.78 is 0. The molecule has 0 heteroatoms. The first kappa shape index (κ1) is 22.3. The van der Waals surface area contributed by atoms with Crippen molar-refractivity contribution < 1.29 is 0 Å². The summed E-state index contributed by atoms with van der Waals surface area (Å²) in [5.41, 5.74) is 0. The van der Waals surface area contributed by atoms with Crippen molar-refractivity contribution in [2.24, 2.45) is 23.7 Å². The summed E-state index contributed by atoms with van der Waals surface area (Å²) in [5, 5.41) is 0. The highest BCUT2D eigenvalue weighted by atomic mass is 14.5. The molecular weight excluding hydrogens is 240 g/mol. The molecule has 3 saturated carbocycles. The third-order valence-electron chi connectivity index (χ3n) is 4.35. The van der Waals surface area contributed by atoms with Crippen LogP contribution >= 0.6 is 0 Å². The molecule has 3 aliphatic rings. The Morgan fingerprint density at radius 3 is 1.20 bits per heavy atom. The lowest BCUT2D eigenvalue weighted by molar-refractivity contribution is 0.259. The average Bonchev–Trinajstić information content (AvgIpc) is 3.19. The average molecular weight is 285 g/mol. The highest BCUT2D eigenvalue weighted by Gasteiger charge is 2.48. The molecule has 0 N–H and O–H groups in total. The largest absolute Gasteiger partial charge is 0.0683 e. The summed E-state index contributed by atoms with van der Waals surface area (Å²) in [7, 11) is 0. The van der Waals surface area contributed by atoms with E-state index in [1.165, 1.54) is 36.5 Å². The molecule has 0 heterocycles. The van der Waals surface area contributed by atoms with Gasteiger partial charge < -0.3 is 0 Å². The summed E-state index contributed by atoms with van der Waals surface area (Å²) in [4.78, 5) is 0. The van der Waals surface area contributed by atoms with Crippen molar-refractivity contribution in [2.75, 3.05) is 0 Å². The van der Waals surface area contributed by atoms with E-state index in [1.807, 2.05) is 27.7 Å². The van der Waals surface area contributed by atoms with Gasteiger partial charge in [-0.3, -0.25) is 0 Å². The van der Waals surface area contributed by atoms with Crippen LogP contribution in [0.3, 0.4) is 0 Å². The molecule has 2 bridgehead atoms. The van der Waals surface area contributed by atoms with Crippen LogP contribution in [0.5, 0.6) is 0 Å². The van der Waals surface area contributed by atoms with Crippen molar-refractivity contribution in [1.82, 2.24) is 0 Å². The zero-order valence-corrected chi connectivity index (χ0v) is 16.0. The van der Waals surface area contributed by atoms with Crippen molar-refractivity contribution in [3.05, 3.63) is 0 Å². The fraction of sp³-hybridized carbons (Fsp3) is 1.00. The van der Waals surface area contributed by atoms with E-state index in [4.69, 9.17) is 0 Å². The van der Waals surface area contributed by atoms with E-state index in [9.17, 15) is 0 Å². The summed E-state index contributed by atoms with van der Waals surface area (Å²) >= 11 is 0. The van der Waals surface area contributed by atoms with E-state index in [-0.39, 0.29) is 0 Å². The van der Waals surface area contributed by atoms with Crippen molar-refractivity contribution in [1.29, 1.82) is 0 Å². The molecule has 3 aliphatic carbocycles. The Morgan fingerprint density at radius 2 is 0.900 bits per heavy atom. The van der Waals surface area contributed by atoms with Crippen molar-refractivity contribution in [2.45, 2.75) is 107 Å². The second kappa shape index (κ2) is 15.4. The van der Waals surface area contributed by atoms with Crippen LogP contribution in [-0.4, -0.2) is 0 Å². The maximum Gasteiger partial charge on any atom is -0.0355 e. The topological polar surface area (TPSA) is 0 Å². The lowest BCUT2D eigenvalue weighted by Crippen LogP contribution is -2.15.